The van der Waals surface area contributed by atoms with Gasteiger partial charge in [0.2, 0.25) is 10.0 Å². The van der Waals surface area contributed by atoms with E-state index in [0.29, 0.717) is 16.5 Å². The first kappa shape index (κ1) is 22.2. The summed E-state index contributed by atoms with van der Waals surface area (Å²) in [6.45, 7) is 5.97. The maximum absolute atomic E-state index is 12.6. The number of carbonyl (C=O) groups is 1. The van der Waals surface area contributed by atoms with E-state index in [4.69, 9.17) is 9.15 Å². The Labute approximate surface area is 186 Å². The van der Waals surface area contributed by atoms with Gasteiger partial charge >= 0.3 is 11.6 Å². The second-order valence-electron chi connectivity index (χ2n) is 8.45. The lowest BCUT2D eigenvalue weighted by Crippen LogP contribution is -2.25. The topological polar surface area (TPSA) is 103 Å². The summed E-state index contributed by atoms with van der Waals surface area (Å²) in [7, 11) is -3.68. The molecule has 1 aliphatic rings. The number of nitrogens with one attached hydrogen (secondary N) is 1. The maximum Gasteiger partial charge on any atom is 0.338 e. The van der Waals surface area contributed by atoms with Gasteiger partial charge in [-0.2, -0.15) is 0 Å². The highest BCUT2D eigenvalue weighted by Crippen LogP contribution is 2.27. The molecule has 32 heavy (non-hydrogen) atoms. The van der Waals surface area contributed by atoms with Crippen LogP contribution in [0, 0.1) is 6.92 Å². The maximum atomic E-state index is 12.6. The molecule has 4 rings (SSSR count). The number of fused-ring (bicyclic) bond motifs is 1. The molecule has 0 bridgehead atoms. The Hall–Kier alpha value is -2.97. The van der Waals surface area contributed by atoms with Crippen molar-refractivity contribution in [1.82, 2.24) is 4.72 Å². The SMILES string of the molecule is Cc1cc2oc(=O)cc(COC(=O)c3cccc(S(=O)(=O)NC4CC4)c3)c2cc1C(C)C. The van der Waals surface area contributed by atoms with Crippen LogP contribution in [0.15, 0.2) is 56.6 Å². The minimum atomic E-state index is -3.68. The number of rotatable bonds is 7. The van der Waals surface area contributed by atoms with Crippen LogP contribution >= 0.6 is 0 Å². The van der Waals surface area contributed by atoms with E-state index in [1.54, 1.807) is 0 Å². The van der Waals surface area contributed by atoms with Crippen LogP contribution < -0.4 is 10.3 Å². The van der Waals surface area contributed by atoms with Crippen molar-refractivity contribution in [3.8, 4) is 0 Å². The third kappa shape index (κ3) is 4.76. The smallest absolute Gasteiger partial charge is 0.338 e. The molecule has 0 amide bonds. The lowest BCUT2D eigenvalue weighted by atomic mass is 9.95. The molecule has 0 spiro atoms. The molecule has 1 saturated carbocycles. The van der Waals surface area contributed by atoms with Crippen LogP contribution in [0.1, 0.15) is 59.7 Å². The normalized spacial score (nSPS) is 14.1. The molecule has 0 unspecified atom stereocenters. The van der Waals surface area contributed by atoms with E-state index >= 15 is 0 Å². The minimum Gasteiger partial charge on any atom is -0.457 e. The fourth-order valence-electron chi connectivity index (χ4n) is 3.64. The zero-order valence-corrected chi connectivity index (χ0v) is 19.0. The average molecular weight is 456 g/mol. The van der Waals surface area contributed by atoms with Crippen LogP contribution in [0.25, 0.3) is 11.0 Å². The number of aryl methyl sites for hydroxylation is 1. The highest BCUT2D eigenvalue weighted by atomic mass is 32.2. The first-order valence-corrected chi connectivity index (χ1v) is 12.0. The number of esters is 1. The third-order valence-corrected chi connectivity index (χ3v) is 6.99. The van der Waals surface area contributed by atoms with Gasteiger partial charge in [0.1, 0.15) is 12.2 Å². The van der Waals surface area contributed by atoms with E-state index in [1.807, 2.05) is 19.1 Å². The largest absolute Gasteiger partial charge is 0.457 e. The average Bonchev–Trinajstić information content (AvgIpc) is 3.54. The third-order valence-electron chi connectivity index (χ3n) is 5.48. The van der Waals surface area contributed by atoms with Crippen LogP contribution in [0.2, 0.25) is 0 Å². The molecule has 1 fully saturated rings. The van der Waals surface area contributed by atoms with Crippen molar-refractivity contribution in [3.63, 3.8) is 0 Å². The van der Waals surface area contributed by atoms with Crippen molar-refractivity contribution < 1.29 is 22.4 Å². The van der Waals surface area contributed by atoms with Gasteiger partial charge in [0.05, 0.1) is 10.5 Å². The molecule has 0 aliphatic heterocycles. The fourth-order valence-corrected chi connectivity index (χ4v) is 4.99. The van der Waals surface area contributed by atoms with Gasteiger partial charge in [-0.15, -0.1) is 0 Å². The first-order valence-electron chi connectivity index (χ1n) is 10.5. The van der Waals surface area contributed by atoms with Gasteiger partial charge in [0.15, 0.2) is 0 Å². The highest BCUT2D eigenvalue weighted by molar-refractivity contribution is 7.89. The van der Waals surface area contributed by atoms with Crippen LogP contribution in [-0.4, -0.2) is 20.4 Å². The van der Waals surface area contributed by atoms with Crippen LogP contribution in [0.4, 0.5) is 0 Å². The van der Waals surface area contributed by atoms with E-state index in [9.17, 15) is 18.0 Å². The molecule has 3 aromatic rings. The summed E-state index contributed by atoms with van der Waals surface area (Å²) in [6.07, 6.45) is 1.63. The van der Waals surface area contributed by atoms with Crippen LogP contribution in [-0.2, 0) is 21.4 Å². The summed E-state index contributed by atoms with van der Waals surface area (Å²) in [5, 5.41) is 0.705. The zero-order valence-electron chi connectivity index (χ0n) is 18.2. The number of benzene rings is 2. The summed E-state index contributed by atoms with van der Waals surface area (Å²) in [4.78, 5) is 24.7. The molecule has 1 heterocycles. The Morgan fingerprint density at radius 2 is 1.94 bits per heavy atom. The molecule has 1 aromatic heterocycles. The van der Waals surface area contributed by atoms with Crippen molar-refractivity contribution in [2.75, 3.05) is 0 Å². The van der Waals surface area contributed by atoms with Crippen molar-refractivity contribution in [2.45, 2.75) is 57.1 Å². The summed E-state index contributed by atoms with van der Waals surface area (Å²) in [5.74, 6) is -0.401. The molecule has 0 saturated heterocycles. The number of sulfonamides is 1. The Bertz CT molecular complexity index is 1350. The number of carbonyl (C=O) groups excluding carboxylic acids is 1. The number of ether oxygens (including phenoxy) is 1. The van der Waals surface area contributed by atoms with E-state index in [0.717, 1.165) is 24.0 Å². The van der Waals surface area contributed by atoms with Gasteiger partial charge in [-0.25, -0.2) is 22.7 Å². The molecule has 2 aromatic carbocycles. The monoisotopic (exact) mass is 455 g/mol. The van der Waals surface area contributed by atoms with E-state index in [2.05, 4.69) is 18.6 Å². The molecule has 7 nitrogen and oxygen atoms in total. The molecule has 168 valence electrons. The molecular weight excluding hydrogens is 430 g/mol. The molecule has 1 N–H and O–H groups in total. The van der Waals surface area contributed by atoms with E-state index in [-0.39, 0.29) is 29.0 Å². The molecule has 0 radical (unpaired) electrons. The van der Waals surface area contributed by atoms with Gasteiger partial charge in [-0.3, -0.25) is 0 Å². The Kier molecular flexibility index (Phi) is 5.92. The Morgan fingerprint density at radius 1 is 1.19 bits per heavy atom. The number of hydrogen-bond donors (Lipinski definition) is 1. The van der Waals surface area contributed by atoms with Crippen molar-refractivity contribution in [2.24, 2.45) is 0 Å². The molecule has 1 aliphatic carbocycles. The highest BCUT2D eigenvalue weighted by Gasteiger charge is 2.28. The van der Waals surface area contributed by atoms with E-state index in [1.165, 1.54) is 30.3 Å². The summed E-state index contributed by atoms with van der Waals surface area (Å²) < 4.78 is 38.2. The van der Waals surface area contributed by atoms with Crippen LogP contribution in [0.3, 0.4) is 0 Å². The van der Waals surface area contributed by atoms with Gasteiger partial charge < -0.3 is 9.15 Å². The Morgan fingerprint density at radius 3 is 2.62 bits per heavy atom. The lowest BCUT2D eigenvalue weighted by Gasteiger charge is -2.13. The lowest BCUT2D eigenvalue weighted by molar-refractivity contribution is 0.0473. The Balaban J connectivity index is 1.58. The predicted molar refractivity (Wildman–Crippen MR) is 120 cm³/mol. The summed E-state index contributed by atoms with van der Waals surface area (Å²) in [6, 6.07) is 10.8. The van der Waals surface area contributed by atoms with Gasteiger partial charge in [0.25, 0.3) is 0 Å². The second-order valence-corrected chi connectivity index (χ2v) is 10.2. The molecule has 0 atom stereocenters. The first-order chi connectivity index (χ1) is 15.1. The van der Waals surface area contributed by atoms with Gasteiger partial charge in [0, 0.05) is 23.1 Å². The predicted octanol–water partition coefficient (Wildman–Crippen LogP) is 4.02. The standard InChI is InChI=1S/C24H25NO6S/c1-14(2)20-12-21-17(11-23(26)31-22(21)9-15(20)3)13-30-24(27)16-5-4-6-19(10-16)32(28,29)25-18-7-8-18/h4-6,9-12,14,18,25H,7-8,13H2,1-3H3. The van der Waals surface area contributed by atoms with Gasteiger partial charge in [-0.1, -0.05) is 19.9 Å². The van der Waals surface area contributed by atoms with Crippen molar-refractivity contribution >= 4 is 27.0 Å². The summed E-state index contributed by atoms with van der Waals surface area (Å²) in [5.41, 5.74) is 2.69. The summed E-state index contributed by atoms with van der Waals surface area (Å²) >= 11 is 0. The second kappa shape index (κ2) is 8.52. The number of hydrogen-bond acceptors (Lipinski definition) is 6. The molecular formula is C24H25NO6S. The minimum absolute atomic E-state index is 0.0155. The van der Waals surface area contributed by atoms with Gasteiger partial charge in [-0.05, 0) is 67.1 Å². The van der Waals surface area contributed by atoms with Crippen LogP contribution in [0.5, 0.6) is 0 Å². The quantitative estimate of drug-likeness (QED) is 0.426. The van der Waals surface area contributed by atoms with Crippen molar-refractivity contribution in [3.05, 3.63) is 75.1 Å². The van der Waals surface area contributed by atoms with E-state index < -0.39 is 21.6 Å². The zero-order chi connectivity index (χ0) is 23.0. The fraction of sp³-hybridized carbons (Fsp3) is 0.333. The molecule has 8 heteroatoms. The van der Waals surface area contributed by atoms with Crippen molar-refractivity contribution in [1.29, 1.82) is 0 Å².